The van der Waals surface area contributed by atoms with Crippen LogP contribution < -0.4 is 5.32 Å². The third-order valence-corrected chi connectivity index (χ3v) is 2.19. The molecule has 0 bridgehead atoms. The van der Waals surface area contributed by atoms with Gasteiger partial charge in [0, 0.05) is 12.6 Å². The van der Waals surface area contributed by atoms with Gasteiger partial charge in [-0.1, -0.05) is 30.3 Å². The molecule has 0 saturated carbocycles. The predicted molar refractivity (Wildman–Crippen MR) is 54.4 cm³/mol. The lowest BCUT2D eigenvalue weighted by Gasteiger charge is -2.16. The molecule has 0 aliphatic carbocycles. The van der Waals surface area contributed by atoms with E-state index in [1.54, 1.807) is 6.92 Å². The molecule has 0 aromatic heterocycles. The molecule has 1 rings (SSSR count). The van der Waals surface area contributed by atoms with Gasteiger partial charge >= 0.3 is 0 Å². The molecule has 2 N–H and O–H groups in total. The van der Waals surface area contributed by atoms with Crippen LogP contribution in [0.5, 0.6) is 0 Å². The van der Waals surface area contributed by atoms with Crippen LogP contribution in [0.1, 0.15) is 19.4 Å². The molecule has 0 heterocycles. The molecule has 2 heteroatoms. The highest BCUT2D eigenvalue weighted by Crippen LogP contribution is 1.99. The van der Waals surface area contributed by atoms with E-state index in [-0.39, 0.29) is 12.1 Å². The van der Waals surface area contributed by atoms with E-state index in [1.165, 1.54) is 5.56 Å². The number of aliphatic hydroxyl groups is 1. The largest absolute Gasteiger partial charge is 0.392 e. The Labute approximate surface area is 79.6 Å². The summed E-state index contributed by atoms with van der Waals surface area (Å²) in [6.07, 6.45) is -0.302. The Morgan fingerprint density at radius 1 is 1.23 bits per heavy atom. The second kappa shape index (κ2) is 5.00. The molecular formula is C11H17NO. The molecule has 0 spiro atoms. The van der Waals surface area contributed by atoms with Crippen LogP contribution in [0.15, 0.2) is 30.3 Å². The zero-order valence-electron chi connectivity index (χ0n) is 8.20. The van der Waals surface area contributed by atoms with Crippen LogP contribution >= 0.6 is 0 Å². The van der Waals surface area contributed by atoms with E-state index in [0.29, 0.717) is 0 Å². The van der Waals surface area contributed by atoms with Crippen molar-refractivity contribution in [3.63, 3.8) is 0 Å². The molecule has 0 saturated heterocycles. The number of nitrogens with one attached hydrogen (secondary N) is 1. The summed E-state index contributed by atoms with van der Waals surface area (Å²) in [5.41, 5.74) is 1.25. The fourth-order valence-electron chi connectivity index (χ4n) is 1.05. The van der Waals surface area contributed by atoms with Crippen molar-refractivity contribution in [1.82, 2.24) is 5.32 Å². The SMILES string of the molecule is C[C@@H](O)[C@@H](C)NCc1ccccc1. The minimum Gasteiger partial charge on any atom is -0.392 e. The van der Waals surface area contributed by atoms with Gasteiger partial charge < -0.3 is 10.4 Å². The van der Waals surface area contributed by atoms with E-state index in [9.17, 15) is 5.11 Å². The summed E-state index contributed by atoms with van der Waals surface area (Å²) in [7, 11) is 0. The third kappa shape index (κ3) is 3.57. The Morgan fingerprint density at radius 2 is 1.85 bits per heavy atom. The average Bonchev–Trinajstić information content (AvgIpc) is 2.15. The maximum Gasteiger partial charge on any atom is 0.0662 e. The fraction of sp³-hybridized carbons (Fsp3) is 0.455. The standard InChI is InChI=1S/C11H17NO/c1-9(10(2)13)12-8-11-6-4-3-5-7-11/h3-7,9-10,12-13H,8H2,1-2H3/t9-,10-/m1/s1. The lowest BCUT2D eigenvalue weighted by Crippen LogP contribution is -2.34. The van der Waals surface area contributed by atoms with Crippen molar-refractivity contribution in [2.75, 3.05) is 0 Å². The summed E-state index contributed by atoms with van der Waals surface area (Å²) in [6, 6.07) is 10.3. The monoisotopic (exact) mass is 179 g/mol. The van der Waals surface area contributed by atoms with Crippen molar-refractivity contribution in [2.24, 2.45) is 0 Å². The zero-order chi connectivity index (χ0) is 9.68. The first-order valence-corrected chi connectivity index (χ1v) is 4.65. The molecule has 1 aromatic rings. The summed E-state index contributed by atoms with van der Waals surface area (Å²) in [4.78, 5) is 0. The molecule has 0 radical (unpaired) electrons. The Kier molecular flexibility index (Phi) is 3.93. The van der Waals surface area contributed by atoms with Crippen molar-refractivity contribution in [3.05, 3.63) is 35.9 Å². The zero-order valence-corrected chi connectivity index (χ0v) is 8.20. The number of hydrogen-bond donors (Lipinski definition) is 2. The van der Waals surface area contributed by atoms with E-state index in [1.807, 2.05) is 25.1 Å². The molecule has 0 aliphatic rings. The number of benzene rings is 1. The van der Waals surface area contributed by atoms with E-state index in [0.717, 1.165) is 6.54 Å². The summed E-state index contributed by atoms with van der Waals surface area (Å²) < 4.78 is 0. The third-order valence-electron chi connectivity index (χ3n) is 2.19. The summed E-state index contributed by atoms with van der Waals surface area (Å²) >= 11 is 0. The van der Waals surface area contributed by atoms with E-state index < -0.39 is 0 Å². The van der Waals surface area contributed by atoms with E-state index in [4.69, 9.17) is 0 Å². The Morgan fingerprint density at radius 3 is 2.38 bits per heavy atom. The van der Waals surface area contributed by atoms with Gasteiger partial charge in [-0.2, -0.15) is 0 Å². The van der Waals surface area contributed by atoms with Crippen molar-refractivity contribution in [3.8, 4) is 0 Å². The van der Waals surface area contributed by atoms with Gasteiger partial charge in [-0.3, -0.25) is 0 Å². The molecular weight excluding hydrogens is 162 g/mol. The molecule has 0 unspecified atom stereocenters. The number of aliphatic hydroxyl groups excluding tert-OH is 1. The second-order valence-electron chi connectivity index (χ2n) is 3.40. The maximum absolute atomic E-state index is 9.24. The quantitative estimate of drug-likeness (QED) is 0.735. The van der Waals surface area contributed by atoms with Gasteiger partial charge in [0.1, 0.15) is 0 Å². The van der Waals surface area contributed by atoms with Gasteiger partial charge in [-0.15, -0.1) is 0 Å². The van der Waals surface area contributed by atoms with Gasteiger partial charge in [-0.05, 0) is 19.4 Å². The molecule has 2 atom stereocenters. The molecule has 2 nitrogen and oxygen atoms in total. The topological polar surface area (TPSA) is 32.3 Å². The minimum absolute atomic E-state index is 0.139. The smallest absolute Gasteiger partial charge is 0.0662 e. The highest BCUT2D eigenvalue weighted by molar-refractivity contribution is 5.14. The van der Waals surface area contributed by atoms with Gasteiger partial charge in [0.05, 0.1) is 6.10 Å². The van der Waals surface area contributed by atoms with Crippen LogP contribution in [-0.4, -0.2) is 17.3 Å². The Balaban J connectivity index is 2.35. The minimum atomic E-state index is -0.302. The highest BCUT2D eigenvalue weighted by atomic mass is 16.3. The Hall–Kier alpha value is -0.860. The fourth-order valence-corrected chi connectivity index (χ4v) is 1.05. The van der Waals surface area contributed by atoms with Gasteiger partial charge in [0.15, 0.2) is 0 Å². The lowest BCUT2D eigenvalue weighted by atomic mass is 10.2. The second-order valence-corrected chi connectivity index (χ2v) is 3.40. The van der Waals surface area contributed by atoms with E-state index in [2.05, 4.69) is 17.4 Å². The molecule has 72 valence electrons. The lowest BCUT2D eigenvalue weighted by molar-refractivity contribution is 0.152. The van der Waals surface area contributed by atoms with Gasteiger partial charge in [0.2, 0.25) is 0 Å². The van der Waals surface area contributed by atoms with Crippen LogP contribution in [-0.2, 0) is 6.54 Å². The van der Waals surface area contributed by atoms with Crippen LogP contribution in [0.25, 0.3) is 0 Å². The summed E-state index contributed by atoms with van der Waals surface area (Å²) in [5, 5.41) is 12.5. The molecule has 1 aromatic carbocycles. The average molecular weight is 179 g/mol. The van der Waals surface area contributed by atoms with Crippen molar-refractivity contribution >= 4 is 0 Å². The molecule has 0 aliphatic heterocycles. The first-order valence-electron chi connectivity index (χ1n) is 4.65. The van der Waals surface area contributed by atoms with Crippen LogP contribution in [0.4, 0.5) is 0 Å². The maximum atomic E-state index is 9.24. The normalized spacial score (nSPS) is 15.3. The number of rotatable bonds is 4. The predicted octanol–water partition coefficient (Wildman–Crippen LogP) is 1.55. The first kappa shape index (κ1) is 10.2. The highest BCUT2D eigenvalue weighted by Gasteiger charge is 2.06. The van der Waals surface area contributed by atoms with E-state index >= 15 is 0 Å². The van der Waals surface area contributed by atoms with Crippen molar-refractivity contribution < 1.29 is 5.11 Å². The molecule has 13 heavy (non-hydrogen) atoms. The van der Waals surface area contributed by atoms with Crippen LogP contribution in [0, 0.1) is 0 Å². The van der Waals surface area contributed by atoms with Crippen molar-refractivity contribution in [2.45, 2.75) is 32.5 Å². The van der Waals surface area contributed by atoms with Crippen LogP contribution in [0.3, 0.4) is 0 Å². The molecule has 0 fully saturated rings. The Bertz CT molecular complexity index is 233. The van der Waals surface area contributed by atoms with Crippen LogP contribution in [0.2, 0.25) is 0 Å². The van der Waals surface area contributed by atoms with Gasteiger partial charge in [0.25, 0.3) is 0 Å². The summed E-state index contributed by atoms with van der Waals surface area (Å²) in [5.74, 6) is 0. The molecule has 0 amide bonds. The van der Waals surface area contributed by atoms with Crippen molar-refractivity contribution in [1.29, 1.82) is 0 Å². The number of hydrogen-bond acceptors (Lipinski definition) is 2. The van der Waals surface area contributed by atoms with Gasteiger partial charge in [-0.25, -0.2) is 0 Å². The first-order chi connectivity index (χ1) is 6.20. The summed E-state index contributed by atoms with van der Waals surface area (Å²) in [6.45, 7) is 4.59.